The summed E-state index contributed by atoms with van der Waals surface area (Å²) in [6.07, 6.45) is 12.1. The van der Waals surface area contributed by atoms with Crippen LogP contribution in [0.25, 0.3) is 0 Å². The fourth-order valence-corrected chi connectivity index (χ4v) is 7.27. The first-order valence-electron chi connectivity index (χ1n) is 15.6. The summed E-state index contributed by atoms with van der Waals surface area (Å²) in [6, 6.07) is 7.03. The summed E-state index contributed by atoms with van der Waals surface area (Å²) in [5.41, 5.74) is -0.574. The van der Waals surface area contributed by atoms with Crippen molar-refractivity contribution in [2.45, 2.75) is 76.5 Å². The molecular formula is C33H45N3O6. The number of likely N-dealkylation sites (tertiary alicyclic amines) is 1. The topological polar surface area (TPSA) is 99.6 Å². The quantitative estimate of drug-likeness (QED) is 0.270. The molecule has 1 unspecified atom stereocenters. The molecule has 0 bridgehead atoms. The summed E-state index contributed by atoms with van der Waals surface area (Å²) in [7, 11) is 0. The first-order valence-corrected chi connectivity index (χ1v) is 15.6. The first-order chi connectivity index (χ1) is 20.3. The van der Waals surface area contributed by atoms with E-state index in [1.54, 1.807) is 9.80 Å². The van der Waals surface area contributed by atoms with Gasteiger partial charge in [-0.3, -0.25) is 14.4 Å². The second-order valence-electron chi connectivity index (χ2n) is 11.9. The molecule has 1 spiro atoms. The minimum Gasteiger partial charge on any atom is -0.465 e. The van der Waals surface area contributed by atoms with Gasteiger partial charge in [0.25, 0.3) is 5.91 Å². The van der Waals surface area contributed by atoms with Gasteiger partial charge in [0.15, 0.2) is 0 Å². The molecule has 1 aromatic carbocycles. The number of allylic oxidation sites excluding steroid dienone is 1. The summed E-state index contributed by atoms with van der Waals surface area (Å²) < 4.78 is 12.6. The predicted octanol–water partition coefficient (Wildman–Crippen LogP) is 3.85. The first kappa shape index (κ1) is 30.3. The van der Waals surface area contributed by atoms with Gasteiger partial charge in [-0.05, 0) is 83.6 Å². The summed E-state index contributed by atoms with van der Waals surface area (Å²) >= 11 is 0. The van der Waals surface area contributed by atoms with Crippen LogP contribution in [0, 0.1) is 11.8 Å². The van der Waals surface area contributed by atoms with Crippen molar-refractivity contribution in [3.8, 4) is 0 Å². The summed E-state index contributed by atoms with van der Waals surface area (Å²) in [6.45, 7) is 8.87. The lowest BCUT2D eigenvalue weighted by atomic mass is 9.74. The van der Waals surface area contributed by atoms with Crippen molar-refractivity contribution in [1.29, 1.82) is 0 Å². The molecule has 9 nitrogen and oxygen atoms in total. The molecule has 4 heterocycles. The van der Waals surface area contributed by atoms with Crippen LogP contribution in [0.15, 0.2) is 48.6 Å². The van der Waals surface area contributed by atoms with Gasteiger partial charge in [0.1, 0.15) is 17.6 Å². The Bertz CT molecular complexity index is 1210. The van der Waals surface area contributed by atoms with E-state index in [1.165, 1.54) is 0 Å². The van der Waals surface area contributed by atoms with E-state index < -0.39 is 35.0 Å². The van der Waals surface area contributed by atoms with Crippen LogP contribution >= 0.6 is 0 Å². The maximum absolute atomic E-state index is 14.6. The summed E-state index contributed by atoms with van der Waals surface area (Å²) in [5.74, 6) is -2.68. The Morgan fingerprint density at radius 1 is 0.952 bits per heavy atom. The van der Waals surface area contributed by atoms with Gasteiger partial charge in [0.2, 0.25) is 5.91 Å². The number of fused-ring (bicyclic) bond motifs is 2. The average Bonchev–Trinajstić information content (AvgIpc) is 3.31. The number of amides is 2. The summed E-state index contributed by atoms with van der Waals surface area (Å²) in [5, 5.41) is 9.30. The minimum atomic E-state index is -1.31. The van der Waals surface area contributed by atoms with Gasteiger partial charge in [0, 0.05) is 44.2 Å². The number of aliphatic hydroxyl groups excluding tert-OH is 1. The smallest absolute Gasteiger partial charge is 0.313 e. The van der Waals surface area contributed by atoms with Crippen molar-refractivity contribution in [3.05, 3.63) is 48.6 Å². The zero-order valence-electron chi connectivity index (χ0n) is 25.2. The number of nitrogens with zero attached hydrogens (tertiary/aromatic N) is 3. The van der Waals surface area contributed by atoms with E-state index in [-0.39, 0.29) is 18.4 Å². The molecule has 2 saturated heterocycles. The van der Waals surface area contributed by atoms with Crippen molar-refractivity contribution in [1.82, 2.24) is 4.90 Å². The van der Waals surface area contributed by atoms with Crippen LogP contribution in [0.3, 0.4) is 0 Å². The average molecular weight is 580 g/mol. The zero-order valence-corrected chi connectivity index (χ0v) is 25.2. The van der Waals surface area contributed by atoms with Gasteiger partial charge < -0.3 is 29.3 Å². The highest BCUT2D eigenvalue weighted by Crippen LogP contribution is 2.57. The third kappa shape index (κ3) is 5.26. The molecule has 228 valence electrons. The summed E-state index contributed by atoms with van der Waals surface area (Å²) in [4.78, 5) is 48.2. The van der Waals surface area contributed by atoms with Crippen LogP contribution in [-0.4, -0.2) is 84.4 Å². The van der Waals surface area contributed by atoms with Crippen molar-refractivity contribution >= 4 is 29.2 Å². The van der Waals surface area contributed by atoms with E-state index in [2.05, 4.69) is 18.7 Å². The van der Waals surface area contributed by atoms with Gasteiger partial charge in [-0.2, -0.15) is 0 Å². The van der Waals surface area contributed by atoms with Gasteiger partial charge in [-0.1, -0.05) is 24.3 Å². The Balaban J connectivity index is 1.55. The lowest BCUT2D eigenvalue weighted by Gasteiger charge is -2.37. The molecule has 0 aliphatic carbocycles. The standard InChI is InChI=1S/C33H45N3O6/c1-4-34(5-2)24-14-16-25(17-15-24)35-21-13-19-33-26(29(38)36(28(33)30(35)39)20-10-8-11-22-37)27-31(40)41-23-12-7-6-9-18-32(27,3)42-33/h9,13-19,26-28,37H,4-8,10-12,20-23H2,1-3H3/b18-9-/t26-,27+,28?,32-,33-/m0/s1. The van der Waals surface area contributed by atoms with Crippen LogP contribution in [0.5, 0.6) is 0 Å². The number of anilines is 2. The number of esters is 1. The van der Waals surface area contributed by atoms with E-state index in [4.69, 9.17) is 9.47 Å². The number of hydrogen-bond donors (Lipinski definition) is 1. The fraction of sp³-hybridized carbons (Fsp3) is 0.606. The second kappa shape index (κ2) is 12.6. The number of ether oxygens (including phenoxy) is 2. The Hall–Kier alpha value is -3.17. The van der Waals surface area contributed by atoms with Gasteiger partial charge in [0.05, 0.1) is 18.1 Å². The Morgan fingerprint density at radius 3 is 2.43 bits per heavy atom. The molecule has 9 heteroatoms. The van der Waals surface area contributed by atoms with Crippen molar-refractivity contribution in [2.24, 2.45) is 11.8 Å². The molecule has 2 amide bonds. The minimum absolute atomic E-state index is 0.0740. The highest BCUT2D eigenvalue weighted by atomic mass is 16.6. The number of hydrogen-bond acceptors (Lipinski definition) is 7. The molecule has 42 heavy (non-hydrogen) atoms. The van der Waals surface area contributed by atoms with E-state index in [9.17, 15) is 19.5 Å². The van der Waals surface area contributed by atoms with Crippen molar-refractivity contribution in [2.75, 3.05) is 49.2 Å². The third-order valence-electron chi connectivity index (χ3n) is 9.35. The lowest BCUT2D eigenvalue weighted by molar-refractivity contribution is -0.158. The highest BCUT2D eigenvalue weighted by Gasteiger charge is 2.74. The number of aliphatic hydroxyl groups is 1. The number of rotatable bonds is 9. The van der Waals surface area contributed by atoms with E-state index >= 15 is 0 Å². The molecule has 0 aromatic heterocycles. The third-order valence-corrected chi connectivity index (χ3v) is 9.35. The Morgan fingerprint density at radius 2 is 1.71 bits per heavy atom. The Kier molecular flexibility index (Phi) is 9.08. The Labute approximate surface area is 249 Å². The monoisotopic (exact) mass is 579 g/mol. The zero-order chi connectivity index (χ0) is 29.9. The van der Waals surface area contributed by atoms with Crippen LogP contribution in [0.1, 0.15) is 59.3 Å². The van der Waals surface area contributed by atoms with Crippen LogP contribution < -0.4 is 9.80 Å². The molecule has 0 saturated carbocycles. The molecule has 4 aliphatic rings. The molecular weight excluding hydrogens is 534 g/mol. The maximum atomic E-state index is 14.6. The normalized spacial score (nSPS) is 31.7. The number of carbonyl (C=O) groups is 3. The van der Waals surface area contributed by atoms with Crippen molar-refractivity contribution in [3.63, 3.8) is 0 Å². The molecule has 2 fully saturated rings. The number of cyclic esters (lactones) is 1. The van der Waals surface area contributed by atoms with E-state index in [1.807, 2.05) is 55.5 Å². The molecule has 0 radical (unpaired) electrons. The van der Waals surface area contributed by atoms with Gasteiger partial charge in [-0.25, -0.2) is 0 Å². The number of unbranched alkanes of at least 4 members (excludes halogenated alkanes) is 2. The molecule has 5 rings (SSSR count). The van der Waals surface area contributed by atoms with E-state index in [0.29, 0.717) is 32.5 Å². The van der Waals surface area contributed by atoms with Crippen LogP contribution in [0.2, 0.25) is 0 Å². The fourth-order valence-electron chi connectivity index (χ4n) is 7.27. The highest BCUT2D eigenvalue weighted by molar-refractivity contribution is 6.05. The van der Waals surface area contributed by atoms with Crippen LogP contribution in [0.4, 0.5) is 11.4 Å². The molecule has 4 aliphatic heterocycles. The largest absolute Gasteiger partial charge is 0.465 e. The van der Waals surface area contributed by atoms with Gasteiger partial charge >= 0.3 is 5.97 Å². The lowest BCUT2D eigenvalue weighted by Crippen LogP contribution is -2.56. The number of carbonyl (C=O) groups excluding carboxylic acids is 3. The number of benzene rings is 1. The van der Waals surface area contributed by atoms with Gasteiger partial charge in [-0.15, -0.1) is 0 Å². The molecule has 1 aromatic rings. The van der Waals surface area contributed by atoms with Crippen molar-refractivity contribution < 1.29 is 29.0 Å². The molecule has 1 N–H and O–H groups in total. The SMILES string of the molecule is CCN(CC)c1ccc(N2CC=C[C@]34O[C@@]5(C)/C=C\CCCCOC(=O)[C@H]5[C@H]3C(=O)N(CCCCCO)C4C2=O)cc1. The molecule has 5 atom stereocenters. The maximum Gasteiger partial charge on any atom is 0.313 e. The van der Waals surface area contributed by atoms with Crippen LogP contribution in [-0.2, 0) is 23.9 Å². The second-order valence-corrected chi connectivity index (χ2v) is 11.9. The predicted molar refractivity (Wildman–Crippen MR) is 161 cm³/mol. The van der Waals surface area contributed by atoms with E-state index in [0.717, 1.165) is 50.1 Å².